The Kier molecular flexibility index (Phi) is 2.46. The number of nitrogens with zero attached hydrogens (tertiary/aromatic N) is 3. The SMILES string of the molecule is Cn1c(=O)oc2cc(-c3cnc(CC#N)[nH]3)ccc21. The van der Waals surface area contributed by atoms with Gasteiger partial charge in [-0.15, -0.1) is 0 Å². The Bertz CT molecular complexity index is 848. The number of imidazole rings is 1. The fraction of sp³-hybridized carbons (Fsp3) is 0.154. The number of nitrogens with one attached hydrogen (secondary N) is 1. The average Bonchev–Trinajstić information content (AvgIpc) is 2.96. The first kappa shape index (κ1) is 11.3. The summed E-state index contributed by atoms with van der Waals surface area (Å²) in [5.74, 6) is 0.231. The first-order valence-electron chi connectivity index (χ1n) is 5.70. The van der Waals surface area contributed by atoms with Crippen LogP contribution in [0.15, 0.2) is 33.6 Å². The third-order valence-corrected chi connectivity index (χ3v) is 2.98. The Morgan fingerprint density at radius 1 is 1.53 bits per heavy atom. The number of nitriles is 1. The highest BCUT2D eigenvalue weighted by Gasteiger charge is 2.09. The molecule has 1 aromatic carbocycles. The van der Waals surface area contributed by atoms with Gasteiger partial charge in [0.15, 0.2) is 5.58 Å². The van der Waals surface area contributed by atoms with Gasteiger partial charge in [-0.2, -0.15) is 5.26 Å². The summed E-state index contributed by atoms with van der Waals surface area (Å²) in [6.07, 6.45) is 1.90. The van der Waals surface area contributed by atoms with Crippen molar-refractivity contribution < 1.29 is 4.42 Å². The summed E-state index contributed by atoms with van der Waals surface area (Å²) >= 11 is 0. The Labute approximate surface area is 107 Å². The van der Waals surface area contributed by atoms with Gasteiger partial charge in [0.05, 0.1) is 29.9 Å². The van der Waals surface area contributed by atoms with Gasteiger partial charge in [-0.25, -0.2) is 9.78 Å². The van der Waals surface area contributed by atoms with Gasteiger partial charge in [0.1, 0.15) is 5.82 Å². The van der Waals surface area contributed by atoms with Crippen molar-refractivity contribution in [3.05, 3.63) is 40.8 Å². The van der Waals surface area contributed by atoms with Crippen LogP contribution in [0.1, 0.15) is 5.82 Å². The number of H-pyrrole nitrogens is 1. The molecule has 94 valence electrons. The smallest absolute Gasteiger partial charge is 0.408 e. The molecule has 3 rings (SSSR count). The minimum absolute atomic E-state index is 0.239. The van der Waals surface area contributed by atoms with Crippen LogP contribution < -0.4 is 5.76 Å². The van der Waals surface area contributed by atoms with Crippen LogP contribution in [0, 0.1) is 11.3 Å². The number of aromatic amines is 1. The number of fused-ring (bicyclic) bond motifs is 1. The lowest BCUT2D eigenvalue weighted by Gasteiger charge is -1.97. The van der Waals surface area contributed by atoms with Crippen molar-refractivity contribution in [3.63, 3.8) is 0 Å². The zero-order valence-corrected chi connectivity index (χ0v) is 10.2. The van der Waals surface area contributed by atoms with Crippen LogP contribution in [0.2, 0.25) is 0 Å². The summed E-state index contributed by atoms with van der Waals surface area (Å²) < 4.78 is 6.59. The van der Waals surface area contributed by atoms with E-state index in [0.29, 0.717) is 11.4 Å². The summed E-state index contributed by atoms with van der Waals surface area (Å²) in [5.41, 5.74) is 2.92. The average molecular weight is 254 g/mol. The number of oxazole rings is 1. The summed E-state index contributed by atoms with van der Waals surface area (Å²) in [5, 5.41) is 8.61. The molecule has 19 heavy (non-hydrogen) atoms. The molecule has 0 bridgehead atoms. The molecular weight excluding hydrogens is 244 g/mol. The summed E-state index contributed by atoms with van der Waals surface area (Å²) in [6, 6.07) is 7.51. The molecule has 0 radical (unpaired) electrons. The Hall–Kier alpha value is -2.81. The van der Waals surface area contributed by atoms with Crippen molar-refractivity contribution in [1.82, 2.24) is 14.5 Å². The van der Waals surface area contributed by atoms with Gasteiger partial charge in [-0.1, -0.05) is 6.07 Å². The maximum absolute atomic E-state index is 11.4. The quantitative estimate of drug-likeness (QED) is 0.752. The summed E-state index contributed by atoms with van der Waals surface area (Å²) in [4.78, 5) is 18.6. The number of benzene rings is 1. The largest absolute Gasteiger partial charge is 0.419 e. The third kappa shape index (κ3) is 1.81. The minimum atomic E-state index is -0.387. The van der Waals surface area contributed by atoms with Crippen LogP contribution >= 0.6 is 0 Å². The third-order valence-electron chi connectivity index (χ3n) is 2.98. The van der Waals surface area contributed by atoms with Crippen LogP contribution in [0.5, 0.6) is 0 Å². The maximum atomic E-state index is 11.4. The van der Waals surface area contributed by atoms with E-state index in [1.807, 2.05) is 18.2 Å². The van der Waals surface area contributed by atoms with Gasteiger partial charge in [0.25, 0.3) is 0 Å². The van der Waals surface area contributed by atoms with E-state index in [1.165, 1.54) is 4.57 Å². The molecule has 3 aromatic rings. The molecule has 6 heteroatoms. The van der Waals surface area contributed by atoms with Crippen molar-refractivity contribution in [2.45, 2.75) is 6.42 Å². The standard InChI is InChI=1S/C13H10N4O2/c1-17-10-3-2-8(6-11(10)19-13(17)18)9-7-15-12(16-9)4-5-14/h2-3,6-7H,4H2,1H3,(H,15,16). The van der Waals surface area contributed by atoms with Crippen molar-refractivity contribution in [3.8, 4) is 17.3 Å². The van der Waals surface area contributed by atoms with Gasteiger partial charge in [0.2, 0.25) is 0 Å². The van der Waals surface area contributed by atoms with Crippen LogP contribution in [-0.4, -0.2) is 14.5 Å². The molecular formula is C13H10N4O2. The second kappa shape index (κ2) is 4.14. The topological polar surface area (TPSA) is 87.6 Å². The molecule has 0 unspecified atom stereocenters. The van der Waals surface area contributed by atoms with Crippen LogP contribution in [0.4, 0.5) is 0 Å². The number of hydrogen-bond acceptors (Lipinski definition) is 4. The molecule has 0 aliphatic heterocycles. The molecule has 2 aromatic heterocycles. The van der Waals surface area contributed by atoms with Crippen molar-refractivity contribution in [2.24, 2.45) is 7.05 Å². The monoisotopic (exact) mass is 254 g/mol. The second-order valence-corrected chi connectivity index (χ2v) is 4.19. The number of aryl methyl sites for hydroxylation is 1. The number of hydrogen-bond donors (Lipinski definition) is 1. The fourth-order valence-electron chi connectivity index (χ4n) is 1.98. The molecule has 0 aliphatic rings. The Morgan fingerprint density at radius 2 is 2.37 bits per heavy atom. The van der Waals surface area contributed by atoms with E-state index in [0.717, 1.165) is 16.8 Å². The lowest BCUT2D eigenvalue weighted by atomic mass is 10.1. The predicted octanol–water partition coefficient (Wildman–Crippen LogP) is 1.59. The van der Waals surface area contributed by atoms with E-state index in [1.54, 1.807) is 19.3 Å². The zero-order chi connectivity index (χ0) is 13.4. The van der Waals surface area contributed by atoms with Gasteiger partial charge in [0, 0.05) is 12.6 Å². The lowest BCUT2D eigenvalue weighted by Crippen LogP contribution is -2.08. The molecule has 2 heterocycles. The van der Waals surface area contributed by atoms with Gasteiger partial charge in [-0.05, 0) is 12.1 Å². The van der Waals surface area contributed by atoms with Crippen molar-refractivity contribution in [1.29, 1.82) is 5.26 Å². The number of rotatable bonds is 2. The highest BCUT2D eigenvalue weighted by atomic mass is 16.4. The molecule has 1 N–H and O–H groups in total. The van der Waals surface area contributed by atoms with Crippen LogP contribution in [-0.2, 0) is 13.5 Å². The minimum Gasteiger partial charge on any atom is -0.408 e. The molecule has 0 saturated carbocycles. The Balaban J connectivity index is 2.10. The van der Waals surface area contributed by atoms with E-state index in [-0.39, 0.29) is 12.2 Å². The van der Waals surface area contributed by atoms with Gasteiger partial charge in [-0.3, -0.25) is 4.57 Å². The molecule has 0 spiro atoms. The predicted molar refractivity (Wildman–Crippen MR) is 68.4 cm³/mol. The molecule has 0 amide bonds. The van der Waals surface area contributed by atoms with Crippen molar-refractivity contribution >= 4 is 11.1 Å². The highest BCUT2D eigenvalue weighted by Crippen LogP contribution is 2.22. The summed E-state index contributed by atoms with van der Waals surface area (Å²) in [6.45, 7) is 0. The van der Waals surface area contributed by atoms with Gasteiger partial charge < -0.3 is 9.40 Å². The fourth-order valence-corrected chi connectivity index (χ4v) is 1.98. The van der Waals surface area contributed by atoms with Crippen molar-refractivity contribution in [2.75, 3.05) is 0 Å². The van der Waals surface area contributed by atoms with E-state index < -0.39 is 0 Å². The van der Waals surface area contributed by atoms with Gasteiger partial charge >= 0.3 is 5.76 Å². The van der Waals surface area contributed by atoms with Crippen LogP contribution in [0.25, 0.3) is 22.4 Å². The van der Waals surface area contributed by atoms with E-state index in [4.69, 9.17) is 9.68 Å². The first-order valence-corrected chi connectivity index (χ1v) is 5.70. The maximum Gasteiger partial charge on any atom is 0.419 e. The zero-order valence-electron chi connectivity index (χ0n) is 10.2. The van der Waals surface area contributed by atoms with Crippen LogP contribution in [0.3, 0.4) is 0 Å². The van der Waals surface area contributed by atoms with E-state index in [9.17, 15) is 4.79 Å². The van der Waals surface area contributed by atoms with E-state index >= 15 is 0 Å². The second-order valence-electron chi connectivity index (χ2n) is 4.19. The highest BCUT2D eigenvalue weighted by molar-refractivity contribution is 5.79. The molecule has 0 saturated heterocycles. The molecule has 0 atom stereocenters. The summed E-state index contributed by atoms with van der Waals surface area (Å²) in [7, 11) is 1.66. The Morgan fingerprint density at radius 3 is 3.16 bits per heavy atom. The molecule has 0 aliphatic carbocycles. The normalized spacial score (nSPS) is 10.7. The molecule has 0 fully saturated rings. The molecule has 6 nitrogen and oxygen atoms in total. The number of aromatic nitrogens is 3. The lowest BCUT2D eigenvalue weighted by molar-refractivity contribution is 0.528. The first-order chi connectivity index (χ1) is 9.19. The van der Waals surface area contributed by atoms with E-state index in [2.05, 4.69) is 9.97 Å².